The minimum atomic E-state index is -1.06. The molecule has 0 aliphatic rings. The first-order valence-corrected chi connectivity index (χ1v) is 7.41. The average Bonchev–Trinajstić information content (AvgIpc) is 2.98. The van der Waals surface area contributed by atoms with Gasteiger partial charge in [-0.25, -0.2) is 4.79 Å². The van der Waals surface area contributed by atoms with Crippen LogP contribution < -0.4 is 4.74 Å². The van der Waals surface area contributed by atoms with E-state index in [4.69, 9.17) is 4.74 Å². The molecule has 3 rings (SSSR count). The summed E-state index contributed by atoms with van der Waals surface area (Å²) in [6.45, 7) is 4.23. The minimum Gasteiger partial charge on any atom is -0.476 e. The Morgan fingerprint density at radius 3 is 2.67 bits per heavy atom. The first-order chi connectivity index (χ1) is 10.1. The maximum Gasteiger partial charge on any atom is 0.358 e. The number of thiazole rings is 1. The molecular formula is C15H14N2O3S. The summed E-state index contributed by atoms with van der Waals surface area (Å²) in [4.78, 5) is 16.2. The lowest BCUT2D eigenvalue weighted by molar-refractivity contribution is 0.0686. The molecule has 21 heavy (non-hydrogen) atoms. The second-order valence-corrected chi connectivity index (χ2v) is 5.83. The van der Waals surface area contributed by atoms with Crippen LogP contribution in [0.5, 0.6) is 11.6 Å². The average molecular weight is 302 g/mol. The van der Waals surface area contributed by atoms with E-state index in [0.717, 1.165) is 0 Å². The van der Waals surface area contributed by atoms with E-state index in [1.54, 1.807) is 11.6 Å². The van der Waals surface area contributed by atoms with E-state index in [9.17, 15) is 9.90 Å². The van der Waals surface area contributed by atoms with Gasteiger partial charge in [0.1, 0.15) is 5.75 Å². The number of hydrogen-bond donors (Lipinski definition) is 1. The maximum atomic E-state index is 11.4. The number of rotatable bonds is 4. The maximum absolute atomic E-state index is 11.4. The third kappa shape index (κ3) is 2.50. The quantitative estimate of drug-likeness (QED) is 0.791. The van der Waals surface area contributed by atoms with Crippen molar-refractivity contribution in [3.63, 3.8) is 0 Å². The van der Waals surface area contributed by atoms with Crippen molar-refractivity contribution < 1.29 is 14.6 Å². The molecule has 5 nitrogen and oxygen atoms in total. The SMILES string of the molecule is CC(C)c1ccc(Oc2nc3sccn3c2C(=O)O)cc1. The van der Waals surface area contributed by atoms with Crippen molar-refractivity contribution in [2.24, 2.45) is 0 Å². The third-order valence-corrected chi connectivity index (χ3v) is 3.95. The molecule has 0 amide bonds. The number of ether oxygens (including phenoxy) is 1. The number of aromatic nitrogens is 2. The second-order valence-electron chi connectivity index (χ2n) is 4.95. The van der Waals surface area contributed by atoms with Crippen LogP contribution in [0.3, 0.4) is 0 Å². The lowest BCUT2D eigenvalue weighted by atomic mass is 10.0. The monoisotopic (exact) mass is 302 g/mol. The van der Waals surface area contributed by atoms with E-state index in [2.05, 4.69) is 18.8 Å². The van der Waals surface area contributed by atoms with Crippen LogP contribution in [0.4, 0.5) is 0 Å². The van der Waals surface area contributed by atoms with Gasteiger partial charge in [-0.3, -0.25) is 4.40 Å². The summed E-state index contributed by atoms with van der Waals surface area (Å²) in [6.07, 6.45) is 1.67. The van der Waals surface area contributed by atoms with Gasteiger partial charge < -0.3 is 9.84 Å². The lowest BCUT2D eigenvalue weighted by Crippen LogP contribution is -2.02. The molecule has 0 aliphatic carbocycles. The van der Waals surface area contributed by atoms with E-state index >= 15 is 0 Å². The number of fused-ring (bicyclic) bond motifs is 1. The molecular weight excluding hydrogens is 288 g/mol. The smallest absolute Gasteiger partial charge is 0.358 e. The third-order valence-electron chi connectivity index (χ3n) is 3.19. The van der Waals surface area contributed by atoms with Crippen molar-refractivity contribution in [2.45, 2.75) is 19.8 Å². The van der Waals surface area contributed by atoms with Gasteiger partial charge in [0.05, 0.1) is 0 Å². The number of carboxylic acids is 1. The number of carboxylic acid groups (broad SMARTS) is 1. The fourth-order valence-electron chi connectivity index (χ4n) is 2.06. The standard InChI is InChI=1S/C15H14N2O3S/c1-9(2)10-3-5-11(6-4-10)20-13-12(14(18)19)17-7-8-21-15(17)16-13/h3-9H,1-2H3,(H,18,19). The highest BCUT2D eigenvalue weighted by Gasteiger charge is 2.21. The number of imidazole rings is 1. The van der Waals surface area contributed by atoms with E-state index in [1.807, 2.05) is 24.3 Å². The fraction of sp³-hybridized carbons (Fsp3) is 0.200. The second kappa shape index (κ2) is 5.21. The highest BCUT2D eigenvalue weighted by Crippen LogP contribution is 2.28. The molecule has 0 fully saturated rings. The molecule has 6 heteroatoms. The first kappa shape index (κ1) is 13.6. The number of carbonyl (C=O) groups is 1. The van der Waals surface area contributed by atoms with Gasteiger partial charge in [0.25, 0.3) is 5.88 Å². The molecule has 0 atom stereocenters. The molecule has 108 valence electrons. The van der Waals surface area contributed by atoms with Gasteiger partial charge >= 0.3 is 5.97 Å². The van der Waals surface area contributed by atoms with Gasteiger partial charge in [-0.2, -0.15) is 4.98 Å². The van der Waals surface area contributed by atoms with Crippen LogP contribution in [0.25, 0.3) is 4.96 Å². The van der Waals surface area contributed by atoms with Crippen molar-refractivity contribution >= 4 is 22.3 Å². The molecule has 0 saturated heterocycles. The Morgan fingerprint density at radius 1 is 1.33 bits per heavy atom. The van der Waals surface area contributed by atoms with Crippen LogP contribution in [-0.4, -0.2) is 20.5 Å². The predicted molar refractivity (Wildman–Crippen MR) is 80.6 cm³/mol. The van der Waals surface area contributed by atoms with Crippen LogP contribution in [0, 0.1) is 0 Å². The summed E-state index contributed by atoms with van der Waals surface area (Å²) in [5.74, 6) is 0.0700. The van der Waals surface area contributed by atoms with Crippen molar-refractivity contribution in [3.8, 4) is 11.6 Å². The highest BCUT2D eigenvalue weighted by molar-refractivity contribution is 7.15. The van der Waals surface area contributed by atoms with Crippen molar-refractivity contribution in [1.82, 2.24) is 9.38 Å². The van der Waals surface area contributed by atoms with Crippen molar-refractivity contribution in [1.29, 1.82) is 0 Å². The summed E-state index contributed by atoms with van der Waals surface area (Å²) < 4.78 is 7.16. The van der Waals surface area contributed by atoms with Crippen molar-refractivity contribution in [2.75, 3.05) is 0 Å². The summed E-state index contributed by atoms with van der Waals surface area (Å²) in [5.41, 5.74) is 1.24. The Hall–Kier alpha value is -2.34. The molecule has 1 N–H and O–H groups in total. The Bertz CT molecular complexity index is 787. The molecule has 2 aromatic heterocycles. The van der Waals surface area contributed by atoms with E-state index in [0.29, 0.717) is 16.6 Å². The molecule has 0 unspecified atom stereocenters. The Morgan fingerprint density at radius 2 is 2.05 bits per heavy atom. The van der Waals surface area contributed by atoms with E-state index in [1.165, 1.54) is 21.3 Å². The molecule has 0 spiro atoms. The number of aromatic carboxylic acids is 1. The summed E-state index contributed by atoms with van der Waals surface area (Å²) in [7, 11) is 0. The fourth-order valence-corrected chi connectivity index (χ4v) is 2.77. The molecule has 1 aromatic carbocycles. The Kier molecular flexibility index (Phi) is 3.39. The molecule has 3 aromatic rings. The van der Waals surface area contributed by atoms with Gasteiger partial charge in [0.2, 0.25) is 0 Å². The van der Waals surface area contributed by atoms with Gasteiger partial charge in [-0.05, 0) is 23.6 Å². The van der Waals surface area contributed by atoms with E-state index in [-0.39, 0.29) is 11.6 Å². The molecule has 0 bridgehead atoms. The normalized spacial score (nSPS) is 11.2. The van der Waals surface area contributed by atoms with Gasteiger partial charge in [-0.15, -0.1) is 11.3 Å². The van der Waals surface area contributed by atoms with E-state index < -0.39 is 5.97 Å². The number of benzene rings is 1. The molecule has 2 heterocycles. The van der Waals surface area contributed by atoms with Crippen LogP contribution in [0.1, 0.15) is 35.8 Å². The minimum absolute atomic E-state index is 0.0409. The van der Waals surface area contributed by atoms with Crippen LogP contribution in [0.2, 0.25) is 0 Å². The Labute approximate surface area is 125 Å². The highest BCUT2D eigenvalue weighted by atomic mass is 32.1. The van der Waals surface area contributed by atoms with Crippen LogP contribution >= 0.6 is 11.3 Å². The first-order valence-electron chi connectivity index (χ1n) is 6.53. The zero-order chi connectivity index (χ0) is 15.0. The molecule has 0 saturated carbocycles. The topological polar surface area (TPSA) is 63.8 Å². The predicted octanol–water partition coefficient (Wildman–Crippen LogP) is 4.01. The van der Waals surface area contributed by atoms with Crippen LogP contribution in [0.15, 0.2) is 35.8 Å². The van der Waals surface area contributed by atoms with Gasteiger partial charge in [0.15, 0.2) is 10.7 Å². The number of nitrogens with zero attached hydrogens (tertiary/aromatic N) is 2. The van der Waals surface area contributed by atoms with Gasteiger partial charge in [-0.1, -0.05) is 26.0 Å². The van der Waals surface area contributed by atoms with Crippen molar-refractivity contribution in [3.05, 3.63) is 47.1 Å². The largest absolute Gasteiger partial charge is 0.476 e. The lowest BCUT2D eigenvalue weighted by Gasteiger charge is -2.07. The number of hydrogen-bond acceptors (Lipinski definition) is 4. The zero-order valence-electron chi connectivity index (χ0n) is 11.6. The van der Waals surface area contributed by atoms with Crippen LogP contribution in [-0.2, 0) is 0 Å². The summed E-state index contributed by atoms with van der Waals surface area (Å²) in [6, 6.07) is 7.60. The zero-order valence-corrected chi connectivity index (χ0v) is 12.4. The summed E-state index contributed by atoms with van der Waals surface area (Å²) in [5, 5.41) is 11.1. The molecule has 0 aliphatic heterocycles. The van der Waals surface area contributed by atoms with Gasteiger partial charge in [0, 0.05) is 11.6 Å². The molecule has 0 radical (unpaired) electrons. The summed E-state index contributed by atoms with van der Waals surface area (Å²) >= 11 is 1.37. The Balaban J connectivity index is 1.95.